The van der Waals surface area contributed by atoms with Gasteiger partial charge in [0.1, 0.15) is 10.6 Å². The van der Waals surface area contributed by atoms with E-state index in [4.69, 9.17) is 9.63 Å². The Hall–Kier alpha value is -1.41. The van der Waals surface area contributed by atoms with Crippen LogP contribution in [-0.4, -0.2) is 42.0 Å². The molecule has 0 aromatic carbocycles. The van der Waals surface area contributed by atoms with Crippen molar-refractivity contribution in [3.8, 4) is 0 Å². The van der Waals surface area contributed by atoms with Gasteiger partial charge in [-0.2, -0.15) is 4.31 Å². The number of carbonyl (C=O) groups is 1. The topological polar surface area (TPSA) is 101 Å². The zero-order valence-electron chi connectivity index (χ0n) is 11.5. The predicted molar refractivity (Wildman–Crippen MR) is 69.7 cm³/mol. The van der Waals surface area contributed by atoms with Crippen molar-refractivity contribution in [1.29, 1.82) is 0 Å². The van der Waals surface area contributed by atoms with Crippen LogP contribution in [0.1, 0.15) is 30.7 Å². The van der Waals surface area contributed by atoms with Gasteiger partial charge in [-0.3, -0.25) is 4.79 Å². The Bertz CT molecular complexity index is 588. The smallest absolute Gasteiger partial charge is 0.303 e. The van der Waals surface area contributed by atoms with Gasteiger partial charge in [-0.05, 0) is 32.6 Å². The van der Waals surface area contributed by atoms with E-state index in [1.165, 1.54) is 4.31 Å². The second-order valence-corrected chi connectivity index (χ2v) is 6.98. The molecule has 1 saturated heterocycles. The molecule has 0 spiro atoms. The van der Waals surface area contributed by atoms with E-state index in [0.29, 0.717) is 31.6 Å². The number of hydrogen-bond acceptors (Lipinski definition) is 5. The minimum Gasteiger partial charge on any atom is -0.481 e. The van der Waals surface area contributed by atoms with Crippen molar-refractivity contribution in [3.05, 3.63) is 11.5 Å². The van der Waals surface area contributed by atoms with Crippen molar-refractivity contribution in [1.82, 2.24) is 9.46 Å². The molecule has 112 valence electrons. The van der Waals surface area contributed by atoms with Gasteiger partial charge in [-0.1, -0.05) is 5.16 Å². The minimum atomic E-state index is -3.60. The molecule has 8 heteroatoms. The largest absolute Gasteiger partial charge is 0.481 e. The summed E-state index contributed by atoms with van der Waals surface area (Å²) in [5.41, 5.74) is 0.358. The number of carboxylic acid groups (broad SMARTS) is 1. The van der Waals surface area contributed by atoms with E-state index in [1.54, 1.807) is 13.8 Å². The molecule has 20 heavy (non-hydrogen) atoms. The quantitative estimate of drug-likeness (QED) is 0.876. The Labute approximate surface area is 117 Å². The molecule has 1 atom stereocenters. The van der Waals surface area contributed by atoms with Crippen LogP contribution in [-0.2, 0) is 14.8 Å². The van der Waals surface area contributed by atoms with Crippen LogP contribution in [0.5, 0.6) is 0 Å². The second kappa shape index (κ2) is 5.53. The zero-order valence-corrected chi connectivity index (χ0v) is 12.3. The molecule has 1 aliphatic rings. The van der Waals surface area contributed by atoms with Gasteiger partial charge in [0, 0.05) is 19.5 Å². The normalized spacial score (nSPS) is 20.4. The highest BCUT2D eigenvalue weighted by Gasteiger charge is 2.36. The fourth-order valence-electron chi connectivity index (χ4n) is 2.55. The van der Waals surface area contributed by atoms with Gasteiger partial charge >= 0.3 is 5.97 Å². The lowest BCUT2D eigenvalue weighted by atomic mass is 10.0. The number of carboxylic acids is 1. The lowest BCUT2D eigenvalue weighted by Gasteiger charge is -2.16. The number of sulfonamides is 1. The summed E-state index contributed by atoms with van der Waals surface area (Å²) in [6.07, 6.45) is 1.27. The third-order valence-corrected chi connectivity index (χ3v) is 5.69. The van der Waals surface area contributed by atoms with Crippen LogP contribution < -0.4 is 0 Å². The third kappa shape index (κ3) is 2.85. The van der Waals surface area contributed by atoms with Crippen LogP contribution in [0.25, 0.3) is 0 Å². The summed E-state index contributed by atoms with van der Waals surface area (Å²) < 4.78 is 31.4. The minimum absolute atomic E-state index is 0.0733. The van der Waals surface area contributed by atoms with Gasteiger partial charge < -0.3 is 9.63 Å². The van der Waals surface area contributed by atoms with Crippen LogP contribution in [0, 0.1) is 19.8 Å². The van der Waals surface area contributed by atoms with Crippen LogP contribution >= 0.6 is 0 Å². The summed E-state index contributed by atoms with van der Waals surface area (Å²) in [4.78, 5) is 10.7. The molecule has 1 aromatic rings. The van der Waals surface area contributed by atoms with Crippen molar-refractivity contribution in [2.24, 2.45) is 5.92 Å². The lowest BCUT2D eigenvalue weighted by molar-refractivity contribution is -0.137. The number of aliphatic carboxylic acids is 1. The molecule has 2 heterocycles. The summed E-state index contributed by atoms with van der Waals surface area (Å²) in [6.45, 7) is 3.95. The first-order chi connectivity index (χ1) is 9.32. The maximum atomic E-state index is 12.5. The third-order valence-electron chi connectivity index (χ3n) is 3.58. The lowest BCUT2D eigenvalue weighted by Crippen LogP contribution is -2.29. The van der Waals surface area contributed by atoms with Crippen LogP contribution in [0.4, 0.5) is 0 Å². The van der Waals surface area contributed by atoms with E-state index in [1.807, 2.05) is 0 Å². The van der Waals surface area contributed by atoms with Gasteiger partial charge in [0.15, 0.2) is 5.76 Å². The highest BCUT2D eigenvalue weighted by atomic mass is 32.2. The van der Waals surface area contributed by atoms with Gasteiger partial charge in [0.2, 0.25) is 10.0 Å². The van der Waals surface area contributed by atoms with Gasteiger partial charge in [-0.25, -0.2) is 8.42 Å². The number of aromatic nitrogens is 1. The molecule has 1 aromatic heterocycles. The molecule has 1 fully saturated rings. The molecular formula is C12H18N2O5S. The van der Waals surface area contributed by atoms with Gasteiger partial charge in [0.25, 0.3) is 0 Å². The first-order valence-electron chi connectivity index (χ1n) is 6.47. The van der Waals surface area contributed by atoms with Crippen molar-refractivity contribution in [2.45, 2.75) is 38.0 Å². The molecule has 0 bridgehead atoms. The summed E-state index contributed by atoms with van der Waals surface area (Å²) in [5.74, 6) is -0.463. The monoisotopic (exact) mass is 302 g/mol. The van der Waals surface area contributed by atoms with Crippen molar-refractivity contribution in [3.63, 3.8) is 0 Å². The average Bonchev–Trinajstić information content (AvgIpc) is 2.94. The predicted octanol–water partition coefficient (Wildman–Crippen LogP) is 1.17. The van der Waals surface area contributed by atoms with Crippen molar-refractivity contribution in [2.75, 3.05) is 13.1 Å². The highest BCUT2D eigenvalue weighted by Crippen LogP contribution is 2.29. The summed E-state index contributed by atoms with van der Waals surface area (Å²) in [6, 6.07) is 0. The Morgan fingerprint density at radius 1 is 1.50 bits per heavy atom. The molecule has 0 saturated carbocycles. The molecule has 7 nitrogen and oxygen atoms in total. The first kappa shape index (κ1) is 15.0. The maximum Gasteiger partial charge on any atom is 0.303 e. The number of rotatable bonds is 5. The Kier molecular flexibility index (Phi) is 4.14. The molecule has 1 N–H and O–H groups in total. The van der Waals surface area contributed by atoms with Crippen molar-refractivity contribution < 1.29 is 22.8 Å². The Balaban J connectivity index is 2.11. The van der Waals surface area contributed by atoms with Crippen LogP contribution in [0.2, 0.25) is 0 Å². The van der Waals surface area contributed by atoms with E-state index in [2.05, 4.69) is 5.16 Å². The second-order valence-electron chi connectivity index (χ2n) is 5.10. The molecular weight excluding hydrogens is 284 g/mol. The van der Waals surface area contributed by atoms with E-state index in [9.17, 15) is 13.2 Å². The van der Waals surface area contributed by atoms with Gasteiger partial charge in [-0.15, -0.1) is 0 Å². The number of nitrogens with zero attached hydrogens (tertiary/aromatic N) is 2. The molecule has 1 aliphatic heterocycles. The highest BCUT2D eigenvalue weighted by molar-refractivity contribution is 7.89. The molecule has 0 aliphatic carbocycles. The first-order valence-corrected chi connectivity index (χ1v) is 7.91. The summed E-state index contributed by atoms with van der Waals surface area (Å²) in [7, 11) is -3.60. The molecule has 0 amide bonds. The van der Waals surface area contributed by atoms with Crippen LogP contribution in [0.15, 0.2) is 9.42 Å². The van der Waals surface area contributed by atoms with E-state index < -0.39 is 16.0 Å². The molecule has 1 unspecified atom stereocenters. The number of hydrogen-bond donors (Lipinski definition) is 1. The Morgan fingerprint density at radius 3 is 2.75 bits per heavy atom. The SMILES string of the molecule is Cc1noc(C)c1S(=O)(=O)N1CCC(CCC(=O)O)C1. The standard InChI is InChI=1S/C12H18N2O5S/c1-8-12(9(2)19-13-8)20(17,18)14-6-5-10(7-14)3-4-11(15)16/h10H,3-7H2,1-2H3,(H,15,16). The van der Waals surface area contributed by atoms with Crippen molar-refractivity contribution >= 4 is 16.0 Å². The zero-order chi connectivity index (χ0) is 14.9. The fourth-order valence-corrected chi connectivity index (χ4v) is 4.37. The summed E-state index contributed by atoms with van der Waals surface area (Å²) in [5, 5.41) is 12.3. The summed E-state index contributed by atoms with van der Waals surface area (Å²) >= 11 is 0. The average molecular weight is 302 g/mol. The molecule has 0 radical (unpaired) electrons. The Morgan fingerprint density at radius 2 is 2.20 bits per heavy atom. The van der Waals surface area contributed by atoms with Gasteiger partial charge in [0.05, 0.1) is 0 Å². The van der Waals surface area contributed by atoms with Crippen LogP contribution in [0.3, 0.4) is 0 Å². The van der Waals surface area contributed by atoms with E-state index in [-0.39, 0.29) is 23.0 Å². The maximum absolute atomic E-state index is 12.5. The number of aryl methyl sites for hydroxylation is 2. The van der Waals surface area contributed by atoms with E-state index in [0.717, 1.165) is 0 Å². The van der Waals surface area contributed by atoms with E-state index >= 15 is 0 Å². The fraction of sp³-hybridized carbons (Fsp3) is 0.667. The molecule has 2 rings (SSSR count).